The molecule has 0 fully saturated rings. The van der Waals surface area contributed by atoms with Crippen molar-refractivity contribution in [3.05, 3.63) is 29.8 Å². The smallest absolute Gasteiger partial charge is 0.407 e. The highest BCUT2D eigenvalue weighted by atomic mass is 16.6. The van der Waals surface area contributed by atoms with Crippen LogP contribution in [-0.4, -0.2) is 24.8 Å². The van der Waals surface area contributed by atoms with Crippen molar-refractivity contribution in [2.75, 3.05) is 18.4 Å². The molecule has 1 aromatic carbocycles. The lowest BCUT2D eigenvalue weighted by Crippen LogP contribution is -2.34. The maximum atomic E-state index is 11.4. The number of nitrogens with one attached hydrogen (secondary N) is 2. The van der Waals surface area contributed by atoms with Crippen molar-refractivity contribution < 1.29 is 9.53 Å². The lowest BCUT2D eigenvalue weighted by atomic mass is 10.2. The summed E-state index contributed by atoms with van der Waals surface area (Å²) in [5.74, 6) is 0. The van der Waals surface area contributed by atoms with Gasteiger partial charge in [0, 0.05) is 25.3 Å². The van der Waals surface area contributed by atoms with E-state index in [-0.39, 0.29) is 0 Å². The van der Waals surface area contributed by atoms with Gasteiger partial charge in [0.25, 0.3) is 0 Å². The Hall–Kier alpha value is -1.75. The van der Waals surface area contributed by atoms with Gasteiger partial charge in [-0.3, -0.25) is 0 Å². The van der Waals surface area contributed by atoms with E-state index in [1.807, 2.05) is 45.0 Å². The van der Waals surface area contributed by atoms with Crippen molar-refractivity contribution >= 4 is 11.8 Å². The van der Waals surface area contributed by atoms with Crippen molar-refractivity contribution in [3.63, 3.8) is 0 Å². The van der Waals surface area contributed by atoms with E-state index in [2.05, 4.69) is 10.6 Å². The maximum Gasteiger partial charge on any atom is 0.407 e. The molecule has 4 N–H and O–H groups in total. The number of rotatable bonds is 5. The molecule has 106 valence electrons. The Labute approximate surface area is 114 Å². The number of benzene rings is 1. The van der Waals surface area contributed by atoms with Crippen LogP contribution in [0.5, 0.6) is 0 Å². The lowest BCUT2D eigenvalue weighted by molar-refractivity contribution is 0.0530. The Kier molecular flexibility index (Phi) is 5.63. The van der Waals surface area contributed by atoms with Gasteiger partial charge in [-0.1, -0.05) is 12.1 Å². The number of anilines is 1. The average Bonchev–Trinajstić information content (AvgIpc) is 2.33. The molecule has 0 atom stereocenters. The fraction of sp³-hybridized carbons (Fsp3) is 0.500. The summed E-state index contributed by atoms with van der Waals surface area (Å²) >= 11 is 0. The topological polar surface area (TPSA) is 76.4 Å². The third kappa shape index (κ3) is 6.67. The van der Waals surface area contributed by atoms with E-state index in [1.54, 1.807) is 0 Å². The second-order valence-corrected chi connectivity index (χ2v) is 5.26. The fourth-order valence-electron chi connectivity index (χ4n) is 1.44. The summed E-state index contributed by atoms with van der Waals surface area (Å²) < 4.78 is 5.13. The van der Waals surface area contributed by atoms with Crippen LogP contribution in [0.1, 0.15) is 26.3 Å². The second kappa shape index (κ2) is 6.99. The van der Waals surface area contributed by atoms with E-state index >= 15 is 0 Å². The molecule has 5 nitrogen and oxygen atoms in total. The predicted octanol–water partition coefficient (Wildman–Crippen LogP) is 2.08. The molecule has 1 amide bonds. The minimum absolute atomic E-state index is 0.396. The van der Waals surface area contributed by atoms with E-state index in [0.29, 0.717) is 19.6 Å². The zero-order valence-corrected chi connectivity index (χ0v) is 11.8. The Morgan fingerprint density at radius 2 is 1.84 bits per heavy atom. The number of amides is 1. The van der Waals surface area contributed by atoms with Crippen LogP contribution in [0.3, 0.4) is 0 Å². The molecule has 0 aliphatic heterocycles. The van der Waals surface area contributed by atoms with Gasteiger partial charge in [0.1, 0.15) is 5.60 Å². The van der Waals surface area contributed by atoms with Crippen LogP contribution < -0.4 is 16.4 Å². The highest BCUT2D eigenvalue weighted by Crippen LogP contribution is 2.08. The number of carbonyl (C=O) groups excluding carboxylic acids is 1. The number of nitrogens with two attached hydrogens (primary N) is 1. The van der Waals surface area contributed by atoms with Crippen LogP contribution in [0.25, 0.3) is 0 Å². The standard InChI is InChI=1S/C14H23N3O2/c1-14(2,3)19-13(18)17-9-8-16-12-6-4-11(10-15)5-7-12/h4-7,16H,8-10,15H2,1-3H3,(H,17,18). The largest absolute Gasteiger partial charge is 0.444 e. The molecule has 0 bridgehead atoms. The molecule has 0 unspecified atom stereocenters. The summed E-state index contributed by atoms with van der Waals surface area (Å²) in [5.41, 5.74) is 7.16. The third-order valence-electron chi connectivity index (χ3n) is 2.31. The first-order valence-electron chi connectivity index (χ1n) is 6.40. The first-order chi connectivity index (χ1) is 8.90. The van der Waals surface area contributed by atoms with Gasteiger partial charge in [-0.25, -0.2) is 4.79 Å². The Bertz CT molecular complexity index is 396. The third-order valence-corrected chi connectivity index (χ3v) is 2.31. The zero-order chi connectivity index (χ0) is 14.3. The van der Waals surface area contributed by atoms with E-state index in [0.717, 1.165) is 11.3 Å². The van der Waals surface area contributed by atoms with Crippen molar-refractivity contribution in [3.8, 4) is 0 Å². The summed E-state index contributed by atoms with van der Waals surface area (Å²) in [4.78, 5) is 11.4. The molecule has 5 heteroatoms. The molecule has 0 aromatic heterocycles. The predicted molar refractivity (Wildman–Crippen MR) is 77.1 cm³/mol. The van der Waals surface area contributed by atoms with Crippen molar-refractivity contribution in [2.45, 2.75) is 32.9 Å². The van der Waals surface area contributed by atoms with Crippen molar-refractivity contribution in [2.24, 2.45) is 5.73 Å². The van der Waals surface area contributed by atoms with Gasteiger partial charge < -0.3 is 21.1 Å². The summed E-state index contributed by atoms with van der Waals surface area (Å²) in [7, 11) is 0. The minimum Gasteiger partial charge on any atom is -0.444 e. The Morgan fingerprint density at radius 3 is 2.37 bits per heavy atom. The van der Waals surface area contributed by atoms with E-state index < -0.39 is 11.7 Å². The van der Waals surface area contributed by atoms with Crippen LogP contribution in [0, 0.1) is 0 Å². The quantitative estimate of drug-likeness (QED) is 0.712. The van der Waals surface area contributed by atoms with Gasteiger partial charge in [0.15, 0.2) is 0 Å². The Morgan fingerprint density at radius 1 is 1.21 bits per heavy atom. The second-order valence-electron chi connectivity index (χ2n) is 5.26. The molecule has 1 aromatic rings. The van der Waals surface area contributed by atoms with E-state index in [9.17, 15) is 4.79 Å². The van der Waals surface area contributed by atoms with Crippen LogP contribution in [0.2, 0.25) is 0 Å². The van der Waals surface area contributed by atoms with Gasteiger partial charge in [0.2, 0.25) is 0 Å². The minimum atomic E-state index is -0.463. The summed E-state index contributed by atoms with van der Waals surface area (Å²) in [6.07, 6.45) is -0.396. The molecule has 0 saturated carbocycles. The molecule has 0 saturated heterocycles. The molecule has 0 spiro atoms. The molecule has 0 radical (unpaired) electrons. The van der Waals surface area contributed by atoms with Crippen LogP contribution in [-0.2, 0) is 11.3 Å². The van der Waals surface area contributed by atoms with Crippen molar-refractivity contribution in [1.82, 2.24) is 5.32 Å². The van der Waals surface area contributed by atoms with Gasteiger partial charge in [-0.2, -0.15) is 0 Å². The first kappa shape index (κ1) is 15.3. The molecular formula is C14H23N3O2. The Balaban J connectivity index is 2.21. The highest BCUT2D eigenvalue weighted by Gasteiger charge is 2.15. The highest BCUT2D eigenvalue weighted by molar-refractivity contribution is 5.67. The van der Waals surface area contributed by atoms with Gasteiger partial charge in [0.05, 0.1) is 0 Å². The van der Waals surface area contributed by atoms with E-state index in [4.69, 9.17) is 10.5 Å². The number of ether oxygens (including phenoxy) is 1. The number of hydrogen-bond acceptors (Lipinski definition) is 4. The molecule has 0 aliphatic carbocycles. The molecular weight excluding hydrogens is 242 g/mol. The van der Waals surface area contributed by atoms with Crippen molar-refractivity contribution in [1.29, 1.82) is 0 Å². The molecule has 1 rings (SSSR count). The summed E-state index contributed by atoms with van der Waals surface area (Å²) in [5, 5.41) is 5.89. The molecule has 0 heterocycles. The van der Waals surface area contributed by atoms with E-state index in [1.165, 1.54) is 0 Å². The lowest BCUT2D eigenvalue weighted by Gasteiger charge is -2.19. The van der Waals surface area contributed by atoms with Gasteiger partial charge >= 0.3 is 6.09 Å². The zero-order valence-electron chi connectivity index (χ0n) is 11.8. The molecule has 0 aliphatic rings. The number of carbonyl (C=O) groups is 1. The van der Waals surface area contributed by atoms with Crippen LogP contribution >= 0.6 is 0 Å². The maximum absolute atomic E-state index is 11.4. The number of alkyl carbamates (subject to hydrolysis) is 1. The van der Waals surface area contributed by atoms with Crippen LogP contribution in [0.15, 0.2) is 24.3 Å². The summed E-state index contributed by atoms with van der Waals surface area (Å²) in [6.45, 7) is 7.20. The monoisotopic (exact) mass is 265 g/mol. The fourth-order valence-corrected chi connectivity index (χ4v) is 1.44. The van der Waals surface area contributed by atoms with Gasteiger partial charge in [-0.15, -0.1) is 0 Å². The first-order valence-corrected chi connectivity index (χ1v) is 6.40. The average molecular weight is 265 g/mol. The molecule has 19 heavy (non-hydrogen) atoms. The van der Waals surface area contributed by atoms with Crippen LogP contribution in [0.4, 0.5) is 10.5 Å². The van der Waals surface area contributed by atoms with Gasteiger partial charge in [-0.05, 0) is 38.5 Å². The summed E-state index contributed by atoms with van der Waals surface area (Å²) in [6, 6.07) is 7.89. The SMILES string of the molecule is CC(C)(C)OC(=O)NCCNc1ccc(CN)cc1. The number of hydrogen-bond donors (Lipinski definition) is 3. The normalized spacial score (nSPS) is 10.9.